The zero-order valence-corrected chi connectivity index (χ0v) is 22.0. The van der Waals surface area contributed by atoms with E-state index in [0.717, 1.165) is 28.1 Å². The first-order valence-corrected chi connectivity index (χ1v) is 12.3. The molecule has 0 aliphatic carbocycles. The summed E-state index contributed by atoms with van der Waals surface area (Å²) in [6.07, 6.45) is 1.87. The van der Waals surface area contributed by atoms with Gasteiger partial charge in [-0.05, 0) is 35.7 Å². The van der Waals surface area contributed by atoms with Gasteiger partial charge in [0.15, 0.2) is 5.69 Å². The molecule has 0 fully saturated rings. The molecule has 2 aromatic heterocycles. The largest absolute Gasteiger partial charge is 0.496 e. The van der Waals surface area contributed by atoms with E-state index in [1.54, 1.807) is 25.0 Å². The van der Waals surface area contributed by atoms with Gasteiger partial charge in [-0.3, -0.25) is 4.79 Å². The van der Waals surface area contributed by atoms with Gasteiger partial charge in [-0.2, -0.15) is 0 Å². The van der Waals surface area contributed by atoms with Crippen LogP contribution in [0.2, 0.25) is 0 Å². The van der Waals surface area contributed by atoms with Gasteiger partial charge in [0.05, 0.1) is 44.8 Å². The summed E-state index contributed by atoms with van der Waals surface area (Å²) >= 11 is 0. The lowest BCUT2D eigenvalue weighted by molar-refractivity contribution is -0.115. The monoisotopic (exact) mass is 516 g/mol. The molecule has 9 nitrogen and oxygen atoms in total. The molecule has 0 bridgehead atoms. The van der Waals surface area contributed by atoms with Crippen LogP contribution in [0.3, 0.4) is 0 Å². The summed E-state index contributed by atoms with van der Waals surface area (Å²) in [5.74, 6) is 0.0111. The van der Waals surface area contributed by atoms with Crippen molar-refractivity contribution >= 4 is 34.3 Å². The molecule has 4 aromatic rings. The van der Waals surface area contributed by atoms with Crippen molar-refractivity contribution in [2.24, 2.45) is 0 Å². The summed E-state index contributed by atoms with van der Waals surface area (Å²) in [6, 6.07) is 17.3. The molecule has 9 heteroatoms. The number of pyridine rings is 1. The van der Waals surface area contributed by atoms with Crippen LogP contribution in [0.4, 0.5) is 11.4 Å². The van der Waals surface area contributed by atoms with Crippen LogP contribution in [-0.4, -0.2) is 49.4 Å². The fourth-order valence-corrected chi connectivity index (χ4v) is 4.38. The van der Waals surface area contributed by atoms with Gasteiger partial charge in [0.1, 0.15) is 11.4 Å². The second-order valence-corrected chi connectivity index (χ2v) is 8.82. The topological polar surface area (TPSA) is 104 Å². The molecule has 2 heterocycles. The number of carbonyl (C=O) groups excluding carboxylic acids is 2. The molecule has 0 saturated heterocycles. The molecule has 0 aliphatic rings. The Morgan fingerprint density at radius 1 is 1.00 bits per heavy atom. The van der Waals surface area contributed by atoms with Crippen molar-refractivity contribution in [1.29, 1.82) is 0 Å². The highest BCUT2D eigenvalue weighted by molar-refractivity contribution is 6.11. The Kier molecular flexibility index (Phi) is 8.60. The molecule has 0 aliphatic heterocycles. The molecule has 2 aromatic carbocycles. The third-order valence-electron chi connectivity index (χ3n) is 6.22. The Labute approximate surface area is 221 Å². The number of ether oxygens (including phenoxy) is 3. The van der Waals surface area contributed by atoms with Crippen LogP contribution in [0.15, 0.2) is 60.8 Å². The fraction of sp³-hybridized carbons (Fsp3) is 0.276. The standard InChI is InChI=1S/C29H32N4O5/c1-19-14-21(10-11-24(19)37-3)17-30-22-16-23-26(32-25(34)15-20-8-6-5-7-9-20)27(29(35)38-4)33(12-13-36-2)28(23)31-18-22/h5-11,14,16,18,30H,12-13,15,17H2,1-4H3,(H,32,34). The number of aromatic nitrogens is 2. The first-order chi connectivity index (χ1) is 18.4. The fourth-order valence-electron chi connectivity index (χ4n) is 4.38. The molecule has 1 amide bonds. The Morgan fingerprint density at radius 2 is 1.79 bits per heavy atom. The first kappa shape index (κ1) is 26.7. The number of amides is 1. The van der Waals surface area contributed by atoms with E-state index in [-0.39, 0.29) is 18.0 Å². The zero-order valence-electron chi connectivity index (χ0n) is 22.0. The third kappa shape index (κ3) is 5.95. The number of hydrogen-bond acceptors (Lipinski definition) is 7. The molecular formula is C29H32N4O5. The van der Waals surface area contributed by atoms with E-state index >= 15 is 0 Å². The highest BCUT2D eigenvalue weighted by atomic mass is 16.5. The number of fused-ring (bicyclic) bond motifs is 1. The lowest BCUT2D eigenvalue weighted by atomic mass is 10.1. The summed E-state index contributed by atoms with van der Waals surface area (Å²) < 4.78 is 17.4. The highest BCUT2D eigenvalue weighted by Crippen LogP contribution is 2.33. The van der Waals surface area contributed by atoms with Crippen molar-refractivity contribution in [1.82, 2.24) is 9.55 Å². The lowest BCUT2D eigenvalue weighted by Crippen LogP contribution is -2.19. The maximum absolute atomic E-state index is 13.0. The highest BCUT2D eigenvalue weighted by Gasteiger charge is 2.26. The zero-order chi connectivity index (χ0) is 27.1. The molecule has 2 N–H and O–H groups in total. The van der Waals surface area contributed by atoms with Crippen molar-refractivity contribution in [3.05, 3.63) is 83.2 Å². The van der Waals surface area contributed by atoms with Crippen LogP contribution in [0.1, 0.15) is 27.2 Å². The molecule has 0 unspecified atom stereocenters. The second kappa shape index (κ2) is 12.2. The molecule has 0 spiro atoms. The molecule has 0 atom stereocenters. The molecular weight excluding hydrogens is 484 g/mol. The van der Waals surface area contributed by atoms with E-state index < -0.39 is 5.97 Å². The third-order valence-corrected chi connectivity index (χ3v) is 6.22. The number of carbonyl (C=O) groups is 2. The molecule has 4 rings (SSSR count). The van der Waals surface area contributed by atoms with Gasteiger partial charge in [-0.25, -0.2) is 9.78 Å². The van der Waals surface area contributed by atoms with Crippen LogP contribution >= 0.6 is 0 Å². The van der Waals surface area contributed by atoms with Crippen molar-refractivity contribution in [3.8, 4) is 5.75 Å². The number of anilines is 2. The van der Waals surface area contributed by atoms with Gasteiger partial charge in [0.2, 0.25) is 5.91 Å². The normalized spacial score (nSPS) is 10.8. The molecule has 0 radical (unpaired) electrons. The van der Waals surface area contributed by atoms with Crippen LogP contribution in [0.25, 0.3) is 11.0 Å². The van der Waals surface area contributed by atoms with Gasteiger partial charge in [-0.1, -0.05) is 42.5 Å². The molecule has 198 valence electrons. The molecule has 38 heavy (non-hydrogen) atoms. The molecule has 0 saturated carbocycles. The Hall–Kier alpha value is -4.37. The van der Waals surface area contributed by atoms with E-state index in [1.165, 1.54) is 7.11 Å². The van der Waals surface area contributed by atoms with Crippen LogP contribution in [-0.2, 0) is 33.8 Å². The van der Waals surface area contributed by atoms with Crippen molar-refractivity contribution in [2.75, 3.05) is 38.6 Å². The summed E-state index contributed by atoms with van der Waals surface area (Å²) in [5, 5.41) is 6.96. The average molecular weight is 517 g/mol. The number of nitrogens with zero attached hydrogens (tertiary/aromatic N) is 2. The van der Waals surface area contributed by atoms with Crippen molar-refractivity contribution < 1.29 is 23.8 Å². The quantitative estimate of drug-likeness (QED) is 0.281. The van der Waals surface area contributed by atoms with E-state index in [4.69, 9.17) is 14.2 Å². The number of esters is 1. The SMILES string of the molecule is COCCn1c(C(=O)OC)c(NC(=O)Cc2ccccc2)c2cc(NCc3ccc(OC)c(C)c3)cnc21. The Bertz CT molecular complexity index is 1430. The predicted octanol–water partition coefficient (Wildman–Crippen LogP) is 4.58. The first-order valence-electron chi connectivity index (χ1n) is 12.3. The maximum atomic E-state index is 13.0. The number of methoxy groups -OCH3 is 3. The summed E-state index contributed by atoms with van der Waals surface area (Å²) in [5.41, 5.74) is 4.85. The smallest absolute Gasteiger partial charge is 0.356 e. The van der Waals surface area contributed by atoms with Gasteiger partial charge >= 0.3 is 5.97 Å². The maximum Gasteiger partial charge on any atom is 0.356 e. The van der Waals surface area contributed by atoms with Crippen LogP contribution in [0, 0.1) is 6.92 Å². The van der Waals surface area contributed by atoms with E-state index in [1.807, 2.05) is 55.5 Å². The van der Waals surface area contributed by atoms with E-state index in [9.17, 15) is 9.59 Å². The Morgan fingerprint density at radius 3 is 2.47 bits per heavy atom. The number of rotatable bonds is 11. The minimum absolute atomic E-state index is 0.161. The van der Waals surface area contributed by atoms with Gasteiger partial charge < -0.3 is 29.4 Å². The lowest BCUT2D eigenvalue weighted by Gasteiger charge is -2.10. The van der Waals surface area contributed by atoms with Crippen LogP contribution in [0.5, 0.6) is 5.75 Å². The van der Waals surface area contributed by atoms with Gasteiger partial charge in [-0.15, -0.1) is 0 Å². The van der Waals surface area contributed by atoms with Crippen LogP contribution < -0.4 is 15.4 Å². The number of hydrogen-bond donors (Lipinski definition) is 2. The van der Waals surface area contributed by atoms with E-state index in [2.05, 4.69) is 21.7 Å². The van der Waals surface area contributed by atoms with Crippen molar-refractivity contribution in [3.63, 3.8) is 0 Å². The number of aryl methyl sites for hydroxylation is 1. The summed E-state index contributed by atoms with van der Waals surface area (Å²) in [6.45, 7) is 3.26. The van der Waals surface area contributed by atoms with Gasteiger partial charge in [0, 0.05) is 25.6 Å². The van der Waals surface area contributed by atoms with Crippen molar-refractivity contribution in [2.45, 2.75) is 26.4 Å². The minimum atomic E-state index is -0.572. The minimum Gasteiger partial charge on any atom is -0.496 e. The second-order valence-electron chi connectivity index (χ2n) is 8.82. The van der Waals surface area contributed by atoms with Gasteiger partial charge in [0.25, 0.3) is 0 Å². The number of benzene rings is 2. The number of nitrogens with one attached hydrogen (secondary N) is 2. The summed E-state index contributed by atoms with van der Waals surface area (Å²) in [7, 11) is 4.55. The average Bonchev–Trinajstić information content (AvgIpc) is 3.22. The predicted molar refractivity (Wildman–Crippen MR) is 147 cm³/mol. The van der Waals surface area contributed by atoms with E-state index in [0.29, 0.717) is 36.4 Å². The Balaban J connectivity index is 1.70. The summed E-state index contributed by atoms with van der Waals surface area (Å²) in [4.78, 5) is 30.6.